The Balaban J connectivity index is 0. The first-order valence-electron chi connectivity index (χ1n) is 3.08. The maximum absolute atomic E-state index is 10.3. The molecule has 0 aromatic carbocycles. The molecule has 3 heteroatoms. The van der Waals surface area contributed by atoms with Crippen molar-refractivity contribution in [2.75, 3.05) is 0 Å². The Morgan fingerprint density at radius 3 is 1.70 bits per heavy atom. The van der Waals surface area contributed by atoms with Gasteiger partial charge < -0.3 is 5.11 Å². The number of carboxylic acid groups (broad SMARTS) is 1. The molecule has 2 nitrogen and oxygen atoms in total. The minimum atomic E-state index is -0.720. The Morgan fingerprint density at radius 1 is 1.40 bits per heavy atom. The van der Waals surface area contributed by atoms with Crippen LogP contribution in [-0.2, 0) is 21.9 Å². The molecule has 0 bridgehead atoms. The van der Waals surface area contributed by atoms with E-state index in [0.717, 1.165) is 0 Å². The van der Waals surface area contributed by atoms with Crippen molar-refractivity contribution < 1.29 is 27.0 Å². The van der Waals surface area contributed by atoms with E-state index >= 15 is 0 Å². The molecule has 0 amide bonds. The molecule has 65 valence electrons. The predicted octanol–water partition coefficient (Wildman–Crippen LogP) is 1.75. The molecule has 0 saturated carbocycles. The fraction of sp³-hybridized carbons (Fsp3) is 0.857. The van der Waals surface area contributed by atoms with Crippen molar-refractivity contribution in [3.05, 3.63) is 0 Å². The third-order valence-electron chi connectivity index (χ3n) is 1.67. The standard InChI is InChI=1S/C7H14O2.Cu/c1-5(6(8)9)7(2,3)4;/h5H,1-4H3,(H,8,9);. The number of rotatable bonds is 1. The Morgan fingerprint density at radius 2 is 1.70 bits per heavy atom. The summed E-state index contributed by atoms with van der Waals surface area (Å²) in [5.41, 5.74) is -0.119. The second-order valence-electron chi connectivity index (χ2n) is 3.43. The van der Waals surface area contributed by atoms with Crippen LogP contribution in [0.5, 0.6) is 0 Å². The molecule has 0 rings (SSSR count). The van der Waals surface area contributed by atoms with Gasteiger partial charge in [-0.15, -0.1) is 0 Å². The minimum absolute atomic E-state index is 0. The van der Waals surface area contributed by atoms with Gasteiger partial charge in [0.2, 0.25) is 0 Å². The van der Waals surface area contributed by atoms with Crippen LogP contribution in [-0.4, -0.2) is 11.1 Å². The van der Waals surface area contributed by atoms with Crippen LogP contribution in [0.15, 0.2) is 0 Å². The zero-order valence-electron chi connectivity index (χ0n) is 6.73. The average molecular weight is 194 g/mol. The van der Waals surface area contributed by atoms with E-state index in [1.54, 1.807) is 6.92 Å². The van der Waals surface area contributed by atoms with Crippen molar-refractivity contribution in [3.63, 3.8) is 0 Å². The first kappa shape index (κ1) is 12.6. The number of hydrogen-bond acceptors (Lipinski definition) is 1. The van der Waals surface area contributed by atoms with Gasteiger partial charge in [-0.05, 0) is 5.41 Å². The smallest absolute Gasteiger partial charge is 0.306 e. The van der Waals surface area contributed by atoms with Crippen LogP contribution >= 0.6 is 0 Å². The van der Waals surface area contributed by atoms with E-state index in [1.165, 1.54) is 0 Å². The first-order chi connectivity index (χ1) is 3.85. The van der Waals surface area contributed by atoms with Crippen LogP contribution in [0.3, 0.4) is 0 Å². The van der Waals surface area contributed by atoms with Crippen LogP contribution in [0.1, 0.15) is 27.7 Å². The first-order valence-corrected chi connectivity index (χ1v) is 3.08. The van der Waals surface area contributed by atoms with Crippen LogP contribution in [0.25, 0.3) is 0 Å². The van der Waals surface area contributed by atoms with Crippen molar-refractivity contribution in [2.24, 2.45) is 11.3 Å². The Hall–Kier alpha value is -0.0105. The molecule has 10 heavy (non-hydrogen) atoms. The quantitative estimate of drug-likeness (QED) is 0.645. The molecule has 0 saturated heterocycles. The molecular weight excluding hydrogens is 180 g/mol. The second-order valence-corrected chi connectivity index (χ2v) is 3.43. The van der Waals surface area contributed by atoms with Gasteiger partial charge in [-0.2, -0.15) is 0 Å². The maximum Gasteiger partial charge on any atom is 0.306 e. The van der Waals surface area contributed by atoms with E-state index in [-0.39, 0.29) is 28.4 Å². The van der Waals surface area contributed by atoms with Gasteiger partial charge in [0.05, 0.1) is 5.92 Å². The molecule has 1 N–H and O–H groups in total. The monoisotopic (exact) mass is 193 g/mol. The van der Waals surface area contributed by atoms with Crippen LogP contribution in [0, 0.1) is 11.3 Å². The Bertz CT molecular complexity index is 115. The molecule has 1 unspecified atom stereocenters. The summed E-state index contributed by atoms with van der Waals surface area (Å²) in [6.45, 7) is 7.49. The molecule has 0 aromatic rings. The molecule has 1 radical (unpaired) electrons. The SMILES string of the molecule is CC(C(=O)O)C(C)(C)C.[Cu]. The Kier molecular flexibility index (Phi) is 5.05. The molecule has 0 aliphatic heterocycles. The van der Waals surface area contributed by atoms with Gasteiger partial charge >= 0.3 is 5.97 Å². The third kappa shape index (κ3) is 3.91. The summed E-state index contributed by atoms with van der Waals surface area (Å²) >= 11 is 0. The van der Waals surface area contributed by atoms with Crippen LogP contribution in [0.2, 0.25) is 0 Å². The number of carbonyl (C=O) groups is 1. The van der Waals surface area contributed by atoms with Crippen molar-refractivity contribution >= 4 is 5.97 Å². The normalized spacial score (nSPS) is 13.6. The van der Waals surface area contributed by atoms with E-state index < -0.39 is 5.97 Å². The average Bonchev–Trinajstić information content (AvgIpc) is 1.62. The van der Waals surface area contributed by atoms with Gasteiger partial charge in [-0.25, -0.2) is 0 Å². The van der Waals surface area contributed by atoms with Crippen LogP contribution < -0.4 is 0 Å². The van der Waals surface area contributed by atoms with Gasteiger partial charge in [0.1, 0.15) is 0 Å². The van der Waals surface area contributed by atoms with Crippen molar-refractivity contribution in [3.8, 4) is 0 Å². The van der Waals surface area contributed by atoms with Gasteiger partial charge in [0.15, 0.2) is 0 Å². The van der Waals surface area contributed by atoms with Crippen molar-refractivity contribution in [1.29, 1.82) is 0 Å². The van der Waals surface area contributed by atoms with E-state index in [2.05, 4.69) is 0 Å². The predicted molar refractivity (Wildman–Crippen MR) is 36.3 cm³/mol. The van der Waals surface area contributed by atoms with E-state index in [9.17, 15) is 4.79 Å². The van der Waals surface area contributed by atoms with Gasteiger partial charge in [0, 0.05) is 17.1 Å². The van der Waals surface area contributed by atoms with E-state index in [1.807, 2.05) is 20.8 Å². The summed E-state index contributed by atoms with van der Waals surface area (Å²) in [6.07, 6.45) is 0. The van der Waals surface area contributed by atoms with Crippen molar-refractivity contribution in [1.82, 2.24) is 0 Å². The van der Waals surface area contributed by atoms with E-state index in [0.29, 0.717) is 0 Å². The zero-order chi connectivity index (χ0) is 7.65. The summed E-state index contributed by atoms with van der Waals surface area (Å²) < 4.78 is 0. The van der Waals surface area contributed by atoms with Crippen molar-refractivity contribution in [2.45, 2.75) is 27.7 Å². The second kappa shape index (κ2) is 3.99. The van der Waals surface area contributed by atoms with Gasteiger partial charge in [-0.3, -0.25) is 4.79 Å². The fourth-order valence-corrected chi connectivity index (χ4v) is 0.370. The van der Waals surface area contributed by atoms with Gasteiger partial charge in [-0.1, -0.05) is 27.7 Å². The summed E-state index contributed by atoms with van der Waals surface area (Å²) in [7, 11) is 0. The summed E-state index contributed by atoms with van der Waals surface area (Å²) in [6, 6.07) is 0. The topological polar surface area (TPSA) is 37.3 Å². The molecule has 0 heterocycles. The molecule has 0 aromatic heterocycles. The number of hydrogen-bond donors (Lipinski definition) is 1. The van der Waals surface area contributed by atoms with Crippen LogP contribution in [0.4, 0.5) is 0 Å². The van der Waals surface area contributed by atoms with E-state index in [4.69, 9.17) is 5.11 Å². The zero-order valence-corrected chi connectivity index (χ0v) is 7.68. The number of aliphatic carboxylic acids is 1. The summed E-state index contributed by atoms with van der Waals surface area (Å²) in [5, 5.41) is 8.52. The maximum atomic E-state index is 10.3. The molecule has 0 aliphatic rings. The summed E-state index contributed by atoms with van der Waals surface area (Å²) in [4.78, 5) is 10.3. The fourth-order valence-electron chi connectivity index (χ4n) is 0.370. The Labute approximate surface area is 72.5 Å². The molecule has 0 spiro atoms. The molecular formula is C7H14CuO2. The minimum Gasteiger partial charge on any atom is -0.481 e. The molecule has 0 aliphatic carbocycles. The van der Waals surface area contributed by atoms with Gasteiger partial charge in [0.25, 0.3) is 0 Å². The molecule has 1 atom stereocenters. The third-order valence-corrected chi connectivity index (χ3v) is 1.67. The summed E-state index contributed by atoms with van der Waals surface area (Å²) in [5.74, 6) is -0.986. The number of carboxylic acids is 1. The molecule has 0 fully saturated rings. The largest absolute Gasteiger partial charge is 0.481 e.